The lowest BCUT2D eigenvalue weighted by molar-refractivity contribution is 0.0517. The van der Waals surface area contributed by atoms with Gasteiger partial charge >= 0.3 is 6.09 Å². The van der Waals surface area contributed by atoms with E-state index in [0.717, 1.165) is 11.8 Å². The monoisotopic (exact) mass is 314 g/mol. The summed E-state index contributed by atoms with van der Waals surface area (Å²) >= 11 is 2.06. The Morgan fingerprint density at radius 1 is 1.33 bits per heavy atom. The van der Waals surface area contributed by atoms with Crippen molar-refractivity contribution in [2.75, 3.05) is 12.3 Å². The highest BCUT2D eigenvalue weighted by atomic mass is 32.2. The molecule has 0 aromatic heterocycles. The fraction of sp³-hybridized carbons (Fsp3) is 0.938. The van der Waals surface area contributed by atoms with Gasteiger partial charge in [0.25, 0.3) is 0 Å². The number of thioether (sulfide) groups is 1. The lowest BCUT2D eigenvalue weighted by atomic mass is 10.0. The summed E-state index contributed by atoms with van der Waals surface area (Å²) in [6.45, 7) is 8.72. The van der Waals surface area contributed by atoms with Crippen LogP contribution in [0, 0.1) is 5.92 Å². The van der Waals surface area contributed by atoms with Crippen LogP contribution in [0.3, 0.4) is 0 Å². The highest BCUT2D eigenvalue weighted by Gasteiger charge is 2.32. The van der Waals surface area contributed by atoms with Crippen molar-refractivity contribution in [3.63, 3.8) is 0 Å². The summed E-state index contributed by atoms with van der Waals surface area (Å²) in [7, 11) is 0. The standard InChI is InChI=1S/C16H30N2O2S/c1-11-8-13(10-21-11)18-14-7-5-6-12(14)9-17-15(19)20-16(2,3)4/h11-14,18H,5-10H2,1-4H3,(H,17,19). The molecule has 2 rings (SSSR count). The first-order chi connectivity index (χ1) is 9.83. The van der Waals surface area contributed by atoms with Crippen molar-refractivity contribution in [1.29, 1.82) is 0 Å². The third kappa shape index (κ3) is 5.70. The fourth-order valence-electron chi connectivity index (χ4n) is 3.27. The van der Waals surface area contributed by atoms with Crippen molar-refractivity contribution >= 4 is 17.9 Å². The lowest BCUT2D eigenvalue weighted by Gasteiger charge is -2.26. The minimum Gasteiger partial charge on any atom is -0.444 e. The molecule has 1 saturated heterocycles. The van der Waals surface area contributed by atoms with Gasteiger partial charge in [-0.15, -0.1) is 0 Å². The van der Waals surface area contributed by atoms with E-state index >= 15 is 0 Å². The first kappa shape index (κ1) is 16.9. The van der Waals surface area contributed by atoms with Crippen molar-refractivity contribution in [3.8, 4) is 0 Å². The first-order valence-corrected chi connectivity index (χ1v) is 9.23. The molecule has 1 saturated carbocycles. The van der Waals surface area contributed by atoms with Crippen LogP contribution < -0.4 is 10.6 Å². The largest absolute Gasteiger partial charge is 0.444 e. The van der Waals surface area contributed by atoms with E-state index in [0.29, 0.717) is 18.0 Å². The molecule has 4 nitrogen and oxygen atoms in total. The number of amides is 1. The van der Waals surface area contributed by atoms with E-state index in [1.54, 1.807) is 0 Å². The summed E-state index contributed by atoms with van der Waals surface area (Å²) in [5.41, 5.74) is -0.422. The quantitative estimate of drug-likeness (QED) is 0.837. The van der Waals surface area contributed by atoms with Crippen LogP contribution in [0.25, 0.3) is 0 Å². The Morgan fingerprint density at radius 3 is 2.71 bits per heavy atom. The zero-order valence-corrected chi connectivity index (χ0v) is 14.6. The summed E-state index contributed by atoms with van der Waals surface area (Å²) in [5, 5.41) is 7.54. The molecule has 4 atom stereocenters. The number of carbonyl (C=O) groups excluding carboxylic acids is 1. The molecule has 1 aliphatic heterocycles. The van der Waals surface area contributed by atoms with Gasteiger partial charge in [-0.2, -0.15) is 11.8 Å². The van der Waals surface area contributed by atoms with Crippen LogP contribution in [0.1, 0.15) is 53.4 Å². The van der Waals surface area contributed by atoms with E-state index in [9.17, 15) is 4.79 Å². The van der Waals surface area contributed by atoms with Crippen LogP contribution in [0.15, 0.2) is 0 Å². The van der Waals surface area contributed by atoms with Gasteiger partial charge in [0.1, 0.15) is 5.60 Å². The second kappa shape index (κ2) is 7.23. The maximum atomic E-state index is 11.8. The van der Waals surface area contributed by atoms with Crippen molar-refractivity contribution in [2.45, 2.75) is 76.3 Å². The van der Waals surface area contributed by atoms with E-state index in [1.165, 1.54) is 31.4 Å². The van der Waals surface area contributed by atoms with E-state index in [1.807, 2.05) is 20.8 Å². The molecule has 0 bridgehead atoms. The molecule has 21 heavy (non-hydrogen) atoms. The maximum absolute atomic E-state index is 11.8. The molecule has 0 aromatic carbocycles. The van der Waals surface area contributed by atoms with Crippen molar-refractivity contribution in [1.82, 2.24) is 10.6 Å². The highest BCUT2D eigenvalue weighted by Crippen LogP contribution is 2.30. The Kier molecular flexibility index (Phi) is 5.83. The number of carbonyl (C=O) groups is 1. The molecule has 4 unspecified atom stereocenters. The Hall–Kier alpha value is -0.420. The third-order valence-corrected chi connectivity index (χ3v) is 5.57. The molecule has 1 heterocycles. The first-order valence-electron chi connectivity index (χ1n) is 8.18. The normalized spacial score (nSPS) is 33.1. The molecule has 0 radical (unpaired) electrons. The Labute approximate surface area is 133 Å². The van der Waals surface area contributed by atoms with Crippen LogP contribution >= 0.6 is 11.8 Å². The zero-order valence-electron chi connectivity index (χ0n) is 13.8. The van der Waals surface area contributed by atoms with Gasteiger partial charge < -0.3 is 15.4 Å². The van der Waals surface area contributed by atoms with Crippen molar-refractivity contribution < 1.29 is 9.53 Å². The van der Waals surface area contributed by atoms with Crippen LogP contribution in [0.5, 0.6) is 0 Å². The molecular formula is C16H30N2O2S. The number of hydrogen-bond acceptors (Lipinski definition) is 4. The molecule has 1 aliphatic carbocycles. The molecule has 0 aromatic rings. The summed E-state index contributed by atoms with van der Waals surface area (Å²) in [4.78, 5) is 11.8. The lowest BCUT2D eigenvalue weighted by Crippen LogP contribution is -2.44. The minimum atomic E-state index is -0.422. The average molecular weight is 314 g/mol. The van der Waals surface area contributed by atoms with Gasteiger partial charge in [-0.3, -0.25) is 0 Å². The average Bonchev–Trinajstić information content (AvgIpc) is 2.94. The molecule has 5 heteroatoms. The van der Waals surface area contributed by atoms with Gasteiger partial charge in [-0.25, -0.2) is 4.79 Å². The summed E-state index contributed by atoms with van der Waals surface area (Å²) in [6.07, 6.45) is 4.67. The molecule has 2 N–H and O–H groups in total. The molecule has 0 spiro atoms. The van der Waals surface area contributed by atoms with E-state index in [-0.39, 0.29) is 6.09 Å². The van der Waals surface area contributed by atoms with Crippen LogP contribution in [0.4, 0.5) is 4.79 Å². The molecule has 1 amide bonds. The predicted molar refractivity (Wildman–Crippen MR) is 88.8 cm³/mol. The number of rotatable bonds is 4. The minimum absolute atomic E-state index is 0.293. The number of alkyl carbamates (subject to hydrolysis) is 1. The highest BCUT2D eigenvalue weighted by molar-refractivity contribution is 8.00. The third-order valence-electron chi connectivity index (χ3n) is 4.21. The molecular weight excluding hydrogens is 284 g/mol. The Morgan fingerprint density at radius 2 is 2.10 bits per heavy atom. The summed E-state index contributed by atoms with van der Waals surface area (Å²) in [5.74, 6) is 1.77. The smallest absolute Gasteiger partial charge is 0.407 e. The molecule has 122 valence electrons. The second-order valence-electron chi connectivity index (χ2n) is 7.42. The van der Waals surface area contributed by atoms with E-state index < -0.39 is 5.60 Å². The predicted octanol–water partition coefficient (Wildman–Crippen LogP) is 3.16. The number of nitrogens with one attached hydrogen (secondary N) is 2. The van der Waals surface area contributed by atoms with Crippen LogP contribution in [-0.4, -0.2) is 41.3 Å². The van der Waals surface area contributed by atoms with Crippen molar-refractivity contribution in [2.24, 2.45) is 5.92 Å². The Balaban J connectivity index is 1.73. The topological polar surface area (TPSA) is 50.4 Å². The Bertz CT molecular complexity index is 357. The van der Waals surface area contributed by atoms with Gasteiger partial charge in [0, 0.05) is 29.6 Å². The summed E-state index contributed by atoms with van der Waals surface area (Å²) < 4.78 is 5.31. The second-order valence-corrected chi connectivity index (χ2v) is 8.89. The van der Waals surface area contributed by atoms with Gasteiger partial charge in [-0.05, 0) is 46.0 Å². The van der Waals surface area contributed by atoms with Gasteiger partial charge in [-0.1, -0.05) is 13.3 Å². The zero-order chi connectivity index (χ0) is 15.5. The van der Waals surface area contributed by atoms with Gasteiger partial charge in [0.15, 0.2) is 0 Å². The SMILES string of the molecule is CC1CC(NC2CCCC2CNC(=O)OC(C)(C)C)CS1. The molecule has 2 aliphatic rings. The van der Waals surface area contributed by atoms with E-state index in [4.69, 9.17) is 4.74 Å². The number of hydrogen-bond donors (Lipinski definition) is 2. The van der Waals surface area contributed by atoms with Gasteiger partial charge in [0.05, 0.1) is 0 Å². The fourth-order valence-corrected chi connectivity index (χ4v) is 4.43. The van der Waals surface area contributed by atoms with Crippen LogP contribution in [0.2, 0.25) is 0 Å². The maximum Gasteiger partial charge on any atom is 0.407 e. The van der Waals surface area contributed by atoms with Crippen molar-refractivity contribution in [3.05, 3.63) is 0 Å². The summed E-state index contributed by atoms with van der Waals surface area (Å²) in [6, 6.07) is 1.20. The molecule has 2 fully saturated rings. The number of ether oxygens (including phenoxy) is 1. The van der Waals surface area contributed by atoms with E-state index in [2.05, 4.69) is 29.3 Å². The van der Waals surface area contributed by atoms with Crippen LogP contribution in [-0.2, 0) is 4.74 Å². The van der Waals surface area contributed by atoms with Gasteiger partial charge in [0.2, 0.25) is 0 Å².